The first-order valence-corrected chi connectivity index (χ1v) is 8.36. The van der Waals surface area contributed by atoms with Gasteiger partial charge in [0, 0.05) is 12.1 Å². The summed E-state index contributed by atoms with van der Waals surface area (Å²) < 4.78 is 5.40. The second kappa shape index (κ2) is 7.53. The van der Waals surface area contributed by atoms with Crippen molar-refractivity contribution in [1.29, 1.82) is 0 Å². The number of amides is 1. The fraction of sp³-hybridized carbons (Fsp3) is 0.278. The quantitative estimate of drug-likeness (QED) is 0.649. The minimum atomic E-state index is -0.539. The molecular formula is C18H17ClN2O4. The SMILES string of the molecule is O=C(COc1ccc([N+](=O)[O-])cc1Cl)NC1CCCc2ccccc21. The van der Waals surface area contributed by atoms with Crippen LogP contribution in [0.25, 0.3) is 0 Å². The number of benzene rings is 2. The third-order valence-corrected chi connectivity index (χ3v) is 4.49. The van der Waals surface area contributed by atoms with Gasteiger partial charge in [-0.25, -0.2) is 0 Å². The monoisotopic (exact) mass is 360 g/mol. The molecule has 0 saturated heterocycles. The Labute approximate surface area is 149 Å². The number of non-ortho nitro benzene ring substituents is 1. The number of halogens is 1. The standard InChI is InChI=1S/C18H17ClN2O4/c19-15-10-13(21(23)24)8-9-17(15)25-11-18(22)20-16-7-3-5-12-4-1-2-6-14(12)16/h1-2,4,6,8-10,16H,3,5,7,11H2,(H,20,22). The van der Waals surface area contributed by atoms with Crippen molar-refractivity contribution in [2.24, 2.45) is 0 Å². The molecule has 7 heteroatoms. The third kappa shape index (κ3) is 4.09. The van der Waals surface area contributed by atoms with Crippen LogP contribution < -0.4 is 10.1 Å². The Hall–Kier alpha value is -2.60. The average molecular weight is 361 g/mol. The first kappa shape index (κ1) is 17.2. The van der Waals surface area contributed by atoms with E-state index < -0.39 is 4.92 Å². The van der Waals surface area contributed by atoms with E-state index in [4.69, 9.17) is 16.3 Å². The summed E-state index contributed by atoms with van der Waals surface area (Å²) in [5, 5.41) is 13.8. The molecule has 0 spiro atoms. The van der Waals surface area contributed by atoms with Crippen LogP contribution in [0.5, 0.6) is 5.75 Å². The molecule has 25 heavy (non-hydrogen) atoms. The Morgan fingerprint density at radius 3 is 2.88 bits per heavy atom. The van der Waals surface area contributed by atoms with E-state index in [-0.39, 0.29) is 35.0 Å². The molecule has 1 atom stereocenters. The number of fused-ring (bicyclic) bond motifs is 1. The lowest BCUT2D eigenvalue weighted by atomic mass is 9.88. The zero-order valence-corrected chi connectivity index (χ0v) is 14.2. The second-order valence-corrected chi connectivity index (χ2v) is 6.28. The van der Waals surface area contributed by atoms with Crippen molar-refractivity contribution in [3.63, 3.8) is 0 Å². The van der Waals surface area contributed by atoms with Gasteiger partial charge in [-0.15, -0.1) is 0 Å². The summed E-state index contributed by atoms with van der Waals surface area (Å²) in [4.78, 5) is 22.3. The lowest BCUT2D eigenvalue weighted by Crippen LogP contribution is -2.34. The van der Waals surface area contributed by atoms with Gasteiger partial charge in [0.25, 0.3) is 11.6 Å². The highest BCUT2D eigenvalue weighted by Gasteiger charge is 2.21. The largest absolute Gasteiger partial charge is 0.482 e. The fourth-order valence-corrected chi connectivity index (χ4v) is 3.23. The fourth-order valence-electron chi connectivity index (χ4n) is 3.00. The van der Waals surface area contributed by atoms with Crippen LogP contribution in [-0.4, -0.2) is 17.4 Å². The topological polar surface area (TPSA) is 81.5 Å². The van der Waals surface area contributed by atoms with Gasteiger partial charge in [-0.1, -0.05) is 35.9 Å². The van der Waals surface area contributed by atoms with Crippen LogP contribution in [0, 0.1) is 10.1 Å². The van der Waals surface area contributed by atoms with Gasteiger partial charge in [0.15, 0.2) is 6.61 Å². The van der Waals surface area contributed by atoms with Crippen LogP contribution in [0.15, 0.2) is 42.5 Å². The molecule has 1 N–H and O–H groups in total. The number of carbonyl (C=O) groups excluding carboxylic acids is 1. The summed E-state index contributed by atoms with van der Waals surface area (Å²) in [5.41, 5.74) is 2.29. The van der Waals surface area contributed by atoms with Gasteiger partial charge in [0.1, 0.15) is 5.75 Å². The number of rotatable bonds is 5. The summed E-state index contributed by atoms with van der Waals surface area (Å²) in [7, 11) is 0. The Balaban J connectivity index is 1.60. The third-order valence-electron chi connectivity index (χ3n) is 4.19. The number of nitrogens with one attached hydrogen (secondary N) is 1. The lowest BCUT2D eigenvalue weighted by Gasteiger charge is -2.26. The van der Waals surface area contributed by atoms with Crippen molar-refractivity contribution in [3.05, 3.63) is 68.7 Å². The van der Waals surface area contributed by atoms with E-state index in [9.17, 15) is 14.9 Å². The van der Waals surface area contributed by atoms with Crippen LogP contribution in [0.1, 0.15) is 30.0 Å². The molecule has 1 aliphatic carbocycles. The highest BCUT2D eigenvalue weighted by molar-refractivity contribution is 6.32. The van der Waals surface area contributed by atoms with E-state index in [1.165, 1.54) is 23.8 Å². The van der Waals surface area contributed by atoms with Crippen LogP contribution in [0.2, 0.25) is 5.02 Å². The molecule has 1 unspecified atom stereocenters. The molecule has 0 fully saturated rings. The smallest absolute Gasteiger partial charge is 0.271 e. The summed E-state index contributed by atoms with van der Waals surface area (Å²) in [6, 6.07) is 12.0. The molecule has 0 heterocycles. The Morgan fingerprint density at radius 2 is 2.12 bits per heavy atom. The molecule has 2 aromatic carbocycles. The van der Waals surface area contributed by atoms with Gasteiger partial charge >= 0.3 is 0 Å². The maximum atomic E-state index is 12.2. The highest BCUT2D eigenvalue weighted by Crippen LogP contribution is 2.30. The van der Waals surface area contributed by atoms with Crippen LogP contribution in [0.4, 0.5) is 5.69 Å². The van der Waals surface area contributed by atoms with Gasteiger partial charge in [0.05, 0.1) is 16.0 Å². The normalized spacial score (nSPS) is 16.0. The molecule has 3 rings (SSSR count). The molecule has 0 aliphatic heterocycles. The molecule has 1 amide bonds. The minimum Gasteiger partial charge on any atom is -0.482 e. The maximum absolute atomic E-state index is 12.2. The molecule has 6 nitrogen and oxygen atoms in total. The van der Waals surface area contributed by atoms with Crippen molar-refractivity contribution in [2.75, 3.05) is 6.61 Å². The molecule has 1 aliphatic rings. The van der Waals surface area contributed by atoms with E-state index in [2.05, 4.69) is 11.4 Å². The molecule has 2 aromatic rings. The second-order valence-electron chi connectivity index (χ2n) is 5.87. The predicted molar refractivity (Wildman–Crippen MR) is 93.9 cm³/mol. The summed E-state index contributed by atoms with van der Waals surface area (Å²) >= 11 is 5.95. The zero-order valence-electron chi connectivity index (χ0n) is 13.4. The van der Waals surface area contributed by atoms with E-state index >= 15 is 0 Å². The van der Waals surface area contributed by atoms with Crippen LogP contribution in [0.3, 0.4) is 0 Å². The Bertz CT molecular complexity index is 809. The van der Waals surface area contributed by atoms with Crippen molar-refractivity contribution < 1.29 is 14.5 Å². The highest BCUT2D eigenvalue weighted by atomic mass is 35.5. The van der Waals surface area contributed by atoms with Gasteiger partial charge in [-0.3, -0.25) is 14.9 Å². The summed E-state index contributed by atoms with van der Waals surface area (Å²) in [6.45, 7) is -0.198. The number of hydrogen-bond acceptors (Lipinski definition) is 4. The molecule has 130 valence electrons. The molecule has 0 bridgehead atoms. The summed E-state index contributed by atoms with van der Waals surface area (Å²) in [5.74, 6) is -0.0115. The first-order valence-electron chi connectivity index (χ1n) is 7.98. The molecule has 0 aromatic heterocycles. The maximum Gasteiger partial charge on any atom is 0.271 e. The Kier molecular flexibility index (Phi) is 5.19. The number of nitro benzene ring substituents is 1. The predicted octanol–water partition coefficient (Wildman–Crippen LogP) is 3.82. The molecule has 0 radical (unpaired) electrons. The number of ether oxygens (including phenoxy) is 1. The minimum absolute atomic E-state index is 0.0200. The van der Waals surface area contributed by atoms with Crippen LogP contribution in [-0.2, 0) is 11.2 Å². The first-order chi connectivity index (χ1) is 12.0. The van der Waals surface area contributed by atoms with Gasteiger partial charge in [0.2, 0.25) is 0 Å². The molecular weight excluding hydrogens is 344 g/mol. The van der Waals surface area contributed by atoms with Gasteiger partial charge < -0.3 is 10.1 Å². The van der Waals surface area contributed by atoms with E-state index in [1.54, 1.807) is 0 Å². The van der Waals surface area contributed by atoms with Crippen LogP contribution >= 0.6 is 11.6 Å². The number of hydrogen-bond donors (Lipinski definition) is 1. The van der Waals surface area contributed by atoms with Crippen molar-refractivity contribution in [2.45, 2.75) is 25.3 Å². The van der Waals surface area contributed by atoms with E-state index in [0.717, 1.165) is 24.8 Å². The summed E-state index contributed by atoms with van der Waals surface area (Å²) in [6.07, 6.45) is 2.94. The number of carbonyl (C=O) groups is 1. The van der Waals surface area contributed by atoms with Crippen molar-refractivity contribution in [1.82, 2.24) is 5.32 Å². The number of nitrogens with zero attached hydrogens (tertiary/aromatic N) is 1. The van der Waals surface area contributed by atoms with Crippen molar-refractivity contribution >= 4 is 23.2 Å². The van der Waals surface area contributed by atoms with Crippen molar-refractivity contribution in [3.8, 4) is 5.75 Å². The Morgan fingerprint density at radius 1 is 1.32 bits per heavy atom. The van der Waals surface area contributed by atoms with Gasteiger partial charge in [-0.2, -0.15) is 0 Å². The lowest BCUT2D eigenvalue weighted by molar-refractivity contribution is -0.384. The van der Waals surface area contributed by atoms with Gasteiger partial charge in [-0.05, 0) is 36.5 Å². The number of aryl methyl sites for hydroxylation is 1. The zero-order chi connectivity index (χ0) is 17.8. The van der Waals surface area contributed by atoms with E-state index in [0.29, 0.717) is 0 Å². The van der Waals surface area contributed by atoms with E-state index in [1.807, 2.05) is 18.2 Å². The number of nitro groups is 1. The average Bonchev–Trinajstić information content (AvgIpc) is 2.61. The molecule has 0 saturated carbocycles.